The predicted octanol–water partition coefficient (Wildman–Crippen LogP) is 7.43. The molecule has 172 valence electrons. The molecule has 3 aromatic rings. The third kappa shape index (κ3) is 5.64. The summed E-state index contributed by atoms with van der Waals surface area (Å²) in [6, 6.07) is 17.1. The van der Waals surface area contributed by atoms with Crippen LogP contribution in [-0.4, -0.2) is 36.4 Å². The Labute approximate surface area is 205 Å². The van der Waals surface area contributed by atoms with Crippen LogP contribution in [0.25, 0.3) is 10.8 Å². The molecule has 3 aromatic carbocycles. The minimum atomic E-state index is -3.76. The zero-order valence-corrected chi connectivity index (χ0v) is 22.7. The molecule has 33 heavy (non-hydrogen) atoms. The van der Waals surface area contributed by atoms with Crippen molar-refractivity contribution in [3.8, 4) is 11.5 Å². The number of aromatic hydroxyl groups is 1. The van der Waals surface area contributed by atoms with Gasteiger partial charge in [0.2, 0.25) is 0 Å². The first kappa shape index (κ1) is 23.9. The summed E-state index contributed by atoms with van der Waals surface area (Å²) >= 11 is 2.49. The molecule has 1 N–H and O–H groups in total. The van der Waals surface area contributed by atoms with Gasteiger partial charge >= 0.3 is 206 Å². The predicted molar refractivity (Wildman–Crippen MR) is 138 cm³/mol. The van der Waals surface area contributed by atoms with Crippen molar-refractivity contribution in [2.24, 2.45) is 10.2 Å². The van der Waals surface area contributed by atoms with Gasteiger partial charge in [-0.05, 0) is 0 Å². The van der Waals surface area contributed by atoms with Gasteiger partial charge in [0, 0.05) is 0 Å². The summed E-state index contributed by atoms with van der Waals surface area (Å²) in [6.45, 7) is 4.35. The van der Waals surface area contributed by atoms with E-state index in [1.165, 1.54) is 0 Å². The van der Waals surface area contributed by atoms with E-state index in [0.29, 0.717) is 16.5 Å². The molecule has 0 spiro atoms. The van der Waals surface area contributed by atoms with Crippen molar-refractivity contribution in [2.45, 2.75) is 48.4 Å². The fraction of sp³-hybridized carbons (Fsp3) is 0.308. The van der Waals surface area contributed by atoms with Gasteiger partial charge in [0.1, 0.15) is 0 Å². The van der Waals surface area contributed by atoms with Gasteiger partial charge in [-0.25, -0.2) is 0 Å². The Morgan fingerprint density at radius 2 is 1.61 bits per heavy atom. The molecule has 0 saturated carbocycles. The van der Waals surface area contributed by atoms with Crippen molar-refractivity contribution in [3.63, 3.8) is 0 Å². The van der Waals surface area contributed by atoms with Crippen LogP contribution in [0.1, 0.15) is 50.7 Å². The number of benzene rings is 3. The van der Waals surface area contributed by atoms with Gasteiger partial charge in [0.05, 0.1) is 0 Å². The van der Waals surface area contributed by atoms with Crippen LogP contribution in [0.5, 0.6) is 11.5 Å². The van der Waals surface area contributed by atoms with Gasteiger partial charge in [-0.3, -0.25) is 0 Å². The summed E-state index contributed by atoms with van der Waals surface area (Å²) < 4.78 is 15.4. The molecule has 0 aliphatic carbocycles. The normalized spacial score (nSPS) is 17.5. The molecule has 1 heterocycles. The molecule has 0 aromatic heterocycles. The average molecular weight is 572 g/mol. The Bertz CT molecular complexity index is 1190. The van der Waals surface area contributed by atoms with Crippen LogP contribution in [0.2, 0.25) is 13.9 Å². The number of phenolic OH excluding ortho intramolecular Hbond substituents is 1. The van der Waals surface area contributed by atoms with Crippen LogP contribution in [0.3, 0.4) is 0 Å². The van der Waals surface area contributed by atoms with Crippen molar-refractivity contribution < 1.29 is 11.3 Å². The van der Waals surface area contributed by atoms with Gasteiger partial charge in [-0.15, -0.1) is 0 Å². The summed E-state index contributed by atoms with van der Waals surface area (Å²) in [5.41, 5.74) is 1.32. The van der Waals surface area contributed by atoms with E-state index in [4.69, 9.17) is 17.7 Å². The maximum atomic E-state index is 10.9. The van der Waals surface area contributed by atoms with E-state index in [2.05, 4.69) is 24.1 Å². The molecule has 0 fully saturated rings. The Hall–Kier alpha value is -2.25. The van der Waals surface area contributed by atoms with Crippen molar-refractivity contribution in [1.82, 2.24) is 0 Å². The fourth-order valence-electron chi connectivity index (χ4n) is 4.00. The van der Waals surface area contributed by atoms with Gasteiger partial charge in [0.15, 0.2) is 0 Å². The van der Waals surface area contributed by atoms with Gasteiger partial charge in [-0.1, -0.05) is 0 Å². The molecule has 0 bridgehead atoms. The molecule has 1 aliphatic heterocycles. The van der Waals surface area contributed by atoms with E-state index in [1.807, 2.05) is 48.5 Å². The molecular formula is C26H29ClN2O3Sn. The molecule has 4 rings (SSSR count). The van der Waals surface area contributed by atoms with Crippen molar-refractivity contribution in [3.05, 3.63) is 70.7 Å². The number of nitrogens with zero attached hydrogens (tertiary/aromatic N) is 2. The zero-order chi connectivity index (χ0) is 23.3. The van der Waals surface area contributed by atoms with Crippen molar-refractivity contribution in [1.29, 1.82) is 0 Å². The molecule has 1 aliphatic rings. The first-order chi connectivity index (χ1) is 16.0. The average Bonchev–Trinajstić information content (AvgIpc) is 2.89. The van der Waals surface area contributed by atoms with Crippen LogP contribution in [0.15, 0.2) is 64.8 Å². The van der Waals surface area contributed by atoms with E-state index in [0.717, 1.165) is 56.6 Å². The number of unbranched alkanes of at least 4 members (excludes halogenated alkanes) is 2. The van der Waals surface area contributed by atoms with Crippen LogP contribution >= 0.6 is 11.6 Å². The van der Waals surface area contributed by atoms with Crippen molar-refractivity contribution in [2.75, 3.05) is 0 Å². The molecule has 5 nitrogen and oxygen atoms in total. The first-order valence-corrected chi connectivity index (χ1v) is 18.3. The second-order valence-corrected chi connectivity index (χ2v) is 18.0. The Balaban J connectivity index is 1.86. The number of fused-ring (bicyclic) bond motifs is 2. The molecular weight excluding hydrogens is 542 g/mol. The number of phenols is 1. The van der Waals surface area contributed by atoms with Crippen LogP contribution in [-0.2, 0) is 3.07 Å². The van der Waals surface area contributed by atoms with Crippen molar-refractivity contribution >= 4 is 53.7 Å². The zero-order valence-electron chi connectivity index (χ0n) is 19.1. The number of halogens is 1. The van der Waals surface area contributed by atoms with E-state index in [1.54, 1.807) is 12.3 Å². The number of hydrogen-bond donors (Lipinski definition) is 1. The maximum absolute atomic E-state index is 10.9. The third-order valence-corrected chi connectivity index (χ3v) is 15.7. The van der Waals surface area contributed by atoms with Crippen LogP contribution < -0.4 is 3.07 Å². The fourth-order valence-corrected chi connectivity index (χ4v) is 14.4. The SMILES string of the molecule is CCC[CH2][Sn]1([CH2]CCC)[O]/C(c2cc3ccccc3cc2O)=N\N=C\c2cc(Cl)ccc2[O]1. The van der Waals surface area contributed by atoms with E-state index >= 15 is 0 Å². The summed E-state index contributed by atoms with van der Waals surface area (Å²) in [5.74, 6) is 1.19. The summed E-state index contributed by atoms with van der Waals surface area (Å²) in [7, 11) is 0. The van der Waals surface area contributed by atoms with E-state index < -0.39 is 19.2 Å². The monoisotopic (exact) mass is 572 g/mol. The second-order valence-electron chi connectivity index (χ2n) is 8.37. The summed E-state index contributed by atoms with van der Waals surface area (Å²) in [5, 5.41) is 22.2. The second kappa shape index (κ2) is 10.8. The van der Waals surface area contributed by atoms with Crippen LogP contribution in [0.4, 0.5) is 0 Å². The molecule has 0 saturated heterocycles. The van der Waals surface area contributed by atoms with E-state index in [-0.39, 0.29) is 5.75 Å². The standard InChI is InChI=1S/C18H13ClN2O3.2C4H9.Sn/c19-14-5-6-16(22)13(7-14)10-20-21-18(24)15-8-11-3-1-2-4-12(11)9-17(15)23;2*1-3-4-2;/h1-10,22-23H,(H,21,24);2*1,3-4H2,2H3;/q;;;+2/p-2/b20-10+;;;. The van der Waals surface area contributed by atoms with Gasteiger partial charge in [0.25, 0.3) is 0 Å². The minimum absolute atomic E-state index is 0.119. The molecule has 0 unspecified atom stereocenters. The topological polar surface area (TPSA) is 63.4 Å². The van der Waals surface area contributed by atoms with Crippen LogP contribution in [0, 0.1) is 0 Å². The molecule has 0 radical (unpaired) electrons. The number of hydrogen-bond acceptors (Lipinski definition) is 5. The summed E-state index contributed by atoms with van der Waals surface area (Å²) in [6.07, 6.45) is 5.77. The Morgan fingerprint density at radius 1 is 0.909 bits per heavy atom. The third-order valence-electron chi connectivity index (χ3n) is 5.81. The summed E-state index contributed by atoms with van der Waals surface area (Å²) in [4.78, 5) is 0. The number of rotatable bonds is 7. The Morgan fingerprint density at radius 3 is 2.30 bits per heavy atom. The first-order valence-electron chi connectivity index (χ1n) is 11.5. The quantitative estimate of drug-likeness (QED) is 0.300. The van der Waals surface area contributed by atoms with Gasteiger partial charge < -0.3 is 0 Å². The Kier molecular flexibility index (Phi) is 7.81. The molecule has 0 atom stereocenters. The molecule has 0 amide bonds. The van der Waals surface area contributed by atoms with Gasteiger partial charge in [-0.2, -0.15) is 0 Å². The molecule has 7 heteroatoms. The van der Waals surface area contributed by atoms with E-state index in [9.17, 15) is 5.11 Å².